The van der Waals surface area contributed by atoms with Gasteiger partial charge in [0.15, 0.2) is 0 Å². The quantitative estimate of drug-likeness (QED) is 0.617. The summed E-state index contributed by atoms with van der Waals surface area (Å²) in [5, 5.41) is 0. The summed E-state index contributed by atoms with van der Waals surface area (Å²) < 4.78 is 6.37. The molecule has 3 nitrogen and oxygen atoms in total. The van der Waals surface area contributed by atoms with Crippen LogP contribution in [0.15, 0.2) is 46.9 Å². The highest BCUT2D eigenvalue weighted by Crippen LogP contribution is 2.28. The molecule has 1 atom stereocenters. The van der Waals surface area contributed by atoms with Crippen molar-refractivity contribution in [2.24, 2.45) is 5.84 Å². The second kappa shape index (κ2) is 7.59. The lowest BCUT2D eigenvalue weighted by Crippen LogP contribution is -2.30. The maximum atomic E-state index is 5.80. The minimum absolute atomic E-state index is 0.0737. The predicted molar refractivity (Wildman–Crippen MR) is 90.3 cm³/mol. The lowest BCUT2D eigenvalue weighted by Gasteiger charge is -2.20. The van der Waals surface area contributed by atoms with E-state index in [2.05, 4.69) is 52.5 Å². The maximum absolute atomic E-state index is 5.80. The number of halogens is 1. The highest BCUT2D eigenvalue weighted by atomic mass is 79.9. The lowest BCUT2D eigenvalue weighted by atomic mass is 9.94. The van der Waals surface area contributed by atoms with Gasteiger partial charge in [-0.05, 0) is 47.7 Å². The normalized spacial score (nSPS) is 12.2. The molecular weight excluding hydrogens is 328 g/mol. The number of aryl methyl sites for hydroxylation is 1. The average molecular weight is 349 g/mol. The third kappa shape index (κ3) is 3.84. The molecule has 0 radical (unpaired) electrons. The highest BCUT2D eigenvalue weighted by Gasteiger charge is 2.15. The van der Waals surface area contributed by atoms with Crippen LogP contribution in [0.4, 0.5) is 0 Å². The van der Waals surface area contributed by atoms with Gasteiger partial charge in [-0.15, -0.1) is 0 Å². The third-order valence-corrected chi connectivity index (χ3v) is 4.46. The highest BCUT2D eigenvalue weighted by molar-refractivity contribution is 9.10. The van der Waals surface area contributed by atoms with Gasteiger partial charge in [0.25, 0.3) is 0 Å². The number of hydrogen-bond acceptors (Lipinski definition) is 3. The zero-order valence-electron chi connectivity index (χ0n) is 12.4. The number of ether oxygens (including phenoxy) is 1. The Morgan fingerprint density at radius 1 is 1.19 bits per heavy atom. The van der Waals surface area contributed by atoms with Gasteiger partial charge in [-0.2, -0.15) is 0 Å². The molecule has 0 saturated heterocycles. The number of hydrogen-bond donors (Lipinski definition) is 2. The van der Waals surface area contributed by atoms with Crippen molar-refractivity contribution in [3.8, 4) is 5.75 Å². The Balaban J connectivity index is 2.31. The number of benzene rings is 2. The first-order valence-electron chi connectivity index (χ1n) is 7.06. The van der Waals surface area contributed by atoms with Gasteiger partial charge < -0.3 is 4.74 Å². The molecule has 2 aromatic carbocycles. The Kier molecular flexibility index (Phi) is 5.79. The maximum Gasteiger partial charge on any atom is 0.119 e. The summed E-state index contributed by atoms with van der Waals surface area (Å²) in [5.74, 6) is 6.65. The number of methoxy groups -OCH3 is 1. The van der Waals surface area contributed by atoms with Crippen molar-refractivity contribution in [3.63, 3.8) is 0 Å². The monoisotopic (exact) mass is 348 g/mol. The Morgan fingerprint density at radius 3 is 2.62 bits per heavy atom. The van der Waals surface area contributed by atoms with Crippen LogP contribution in [0.25, 0.3) is 0 Å². The van der Waals surface area contributed by atoms with E-state index in [-0.39, 0.29) is 6.04 Å². The first-order chi connectivity index (χ1) is 10.2. The molecule has 21 heavy (non-hydrogen) atoms. The zero-order valence-corrected chi connectivity index (χ0v) is 14.0. The Bertz CT molecular complexity index is 601. The second-order valence-electron chi connectivity index (χ2n) is 4.93. The molecule has 2 aromatic rings. The number of rotatable bonds is 6. The van der Waals surface area contributed by atoms with Crippen molar-refractivity contribution >= 4 is 15.9 Å². The molecule has 0 aliphatic carbocycles. The second-order valence-corrected chi connectivity index (χ2v) is 5.79. The van der Waals surface area contributed by atoms with Crippen LogP contribution in [-0.4, -0.2) is 7.11 Å². The molecule has 0 aliphatic rings. The van der Waals surface area contributed by atoms with E-state index >= 15 is 0 Å². The molecule has 3 N–H and O–H groups in total. The summed E-state index contributed by atoms with van der Waals surface area (Å²) in [6, 6.07) is 14.5. The van der Waals surface area contributed by atoms with Crippen molar-refractivity contribution in [3.05, 3.63) is 63.6 Å². The summed E-state index contributed by atoms with van der Waals surface area (Å²) in [5.41, 5.74) is 6.68. The molecule has 0 heterocycles. The van der Waals surface area contributed by atoms with E-state index in [4.69, 9.17) is 10.6 Å². The van der Waals surface area contributed by atoms with Gasteiger partial charge in [0.2, 0.25) is 0 Å². The van der Waals surface area contributed by atoms with E-state index in [1.54, 1.807) is 7.11 Å². The summed E-state index contributed by atoms with van der Waals surface area (Å²) in [4.78, 5) is 0. The van der Waals surface area contributed by atoms with Gasteiger partial charge in [0, 0.05) is 4.47 Å². The molecule has 4 heteroatoms. The average Bonchev–Trinajstić information content (AvgIpc) is 2.54. The predicted octanol–water partition coefficient (Wildman–Crippen LogP) is 3.77. The van der Waals surface area contributed by atoms with Gasteiger partial charge in [-0.25, -0.2) is 0 Å². The lowest BCUT2D eigenvalue weighted by molar-refractivity contribution is 0.413. The number of nitrogens with two attached hydrogens (primary N) is 1. The van der Waals surface area contributed by atoms with Crippen LogP contribution in [0.1, 0.15) is 29.7 Å². The number of nitrogens with one attached hydrogen (secondary N) is 1. The van der Waals surface area contributed by atoms with Crippen LogP contribution in [0.3, 0.4) is 0 Å². The van der Waals surface area contributed by atoms with Gasteiger partial charge in [0.1, 0.15) is 5.75 Å². The van der Waals surface area contributed by atoms with Crippen LogP contribution in [0.2, 0.25) is 0 Å². The first-order valence-corrected chi connectivity index (χ1v) is 7.85. The van der Waals surface area contributed by atoms with Crippen molar-refractivity contribution in [2.45, 2.75) is 25.8 Å². The van der Waals surface area contributed by atoms with Crippen molar-refractivity contribution in [1.82, 2.24) is 5.43 Å². The minimum Gasteiger partial charge on any atom is -0.497 e. The van der Waals surface area contributed by atoms with Gasteiger partial charge in [0.05, 0.1) is 13.2 Å². The van der Waals surface area contributed by atoms with Crippen molar-refractivity contribution in [2.75, 3.05) is 7.11 Å². The third-order valence-electron chi connectivity index (χ3n) is 3.69. The van der Waals surface area contributed by atoms with E-state index in [9.17, 15) is 0 Å². The minimum atomic E-state index is 0.0737. The SMILES string of the molecule is CCc1ccccc1C(Cc1cc(OC)ccc1Br)NN. The largest absolute Gasteiger partial charge is 0.497 e. The van der Waals surface area contributed by atoms with Crippen molar-refractivity contribution < 1.29 is 4.74 Å². The Morgan fingerprint density at radius 2 is 1.95 bits per heavy atom. The van der Waals surface area contributed by atoms with Crippen LogP contribution < -0.4 is 16.0 Å². The molecule has 0 aliphatic heterocycles. The topological polar surface area (TPSA) is 47.3 Å². The molecule has 0 spiro atoms. The summed E-state index contributed by atoms with van der Waals surface area (Å²) in [6.45, 7) is 2.16. The van der Waals surface area contributed by atoms with Crippen LogP contribution in [0.5, 0.6) is 5.75 Å². The summed E-state index contributed by atoms with van der Waals surface area (Å²) in [7, 11) is 1.68. The van der Waals surface area contributed by atoms with Gasteiger partial charge in [-0.3, -0.25) is 11.3 Å². The van der Waals surface area contributed by atoms with Crippen LogP contribution in [0, 0.1) is 0 Å². The molecule has 0 amide bonds. The molecule has 0 bridgehead atoms. The zero-order chi connectivity index (χ0) is 15.2. The molecule has 0 saturated carbocycles. The van der Waals surface area contributed by atoms with E-state index in [0.29, 0.717) is 0 Å². The summed E-state index contributed by atoms with van der Waals surface area (Å²) in [6.07, 6.45) is 1.79. The molecular formula is C17H21BrN2O. The smallest absolute Gasteiger partial charge is 0.119 e. The van der Waals surface area contributed by atoms with Gasteiger partial charge in [-0.1, -0.05) is 47.1 Å². The molecule has 1 unspecified atom stereocenters. The van der Waals surface area contributed by atoms with Gasteiger partial charge >= 0.3 is 0 Å². The Hall–Kier alpha value is -1.36. The summed E-state index contributed by atoms with van der Waals surface area (Å²) >= 11 is 3.60. The molecule has 112 valence electrons. The van der Waals surface area contributed by atoms with Crippen molar-refractivity contribution in [1.29, 1.82) is 0 Å². The van der Waals surface area contributed by atoms with E-state index in [1.807, 2.05) is 18.2 Å². The first kappa shape index (κ1) is 16.0. The Labute approximate surface area is 134 Å². The van der Waals surface area contributed by atoms with E-state index in [1.165, 1.54) is 16.7 Å². The molecule has 0 fully saturated rings. The van der Waals surface area contributed by atoms with E-state index in [0.717, 1.165) is 23.1 Å². The number of hydrazine groups is 1. The fraction of sp³-hybridized carbons (Fsp3) is 0.294. The fourth-order valence-electron chi connectivity index (χ4n) is 2.51. The van der Waals surface area contributed by atoms with E-state index < -0.39 is 0 Å². The van der Waals surface area contributed by atoms with Crippen LogP contribution >= 0.6 is 15.9 Å². The van der Waals surface area contributed by atoms with Crippen LogP contribution in [-0.2, 0) is 12.8 Å². The molecule has 2 rings (SSSR count). The fourth-order valence-corrected chi connectivity index (χ4v) is 2.92. The standard InChI is InChI=1S/C17H21BrN2O/c1-3-12-6-4-5-7-15(12)17(20-19)11-13-10-14(21-2)8-9-16(13)18/h4-10,17,20H,3,11,19H2,1-2H3. The molecule has 0 aromatic heterocycles.